The summed E-state index contributed by atoms with van der Waals surface area (Å²) in [6.07, 6.45) is 4.49. The lowest BCUT2D eigenvalue weighted by molar-refractivity contribution is 0.0548. The van der Waals surface area contributed by atoms with Gasteiger partial charge < -0.3 is 0 Å². The van der Waals surface area contributed by atoms with Crippen molar-refractivity contribution in [2.75, 3.05) is 6.26 Å². The average Bonchev–Trinajstić information content (AvgIpc) is 3.19. The first kappa shape index (κ1) is 18.1. The minimum Gasteiger partial charge on any atom is -0.256 e. The lowest BCUT2D eigenvalue weighted by Gasteiger charge is -2.32. The second kappa shape index (κ2) is 6.88. The summed E-state index contributed by atoms with van der Waals surface area (Å²) in [5.74, 6) is -1.52. The average molecular weight is 384 g/mol. The smallest absolute Gasteiger partial charge is 0.256 e. The van der Waals surface area contributed by atoms with Gasteiger partial charge in [-0.1, -0.05) is 6.07 Å². The minimum absolute atomic E-state index is 0.170. The highest BCUT2D eigenvalue weighted by Gasteiger charge is 2.43. The Labute approximate surface area is 147 Å². The quantitative estimate of drug-likeness (QED) is 0.678. The van der Waals surface area contributed by atoms with Crippen LogP contribution in [0.1, 0.15) is 12.0 Å². The molecule has 1 N–H and O–H groups in total. The first-order chi connectivity index (χ1) is 12.3. The molecule has 0 spiro atoms. The number of hydrogen-bond donors (Lipinski definition) is 1. The molecular formula is C14H14F2N6O3S+. The molecule has 0 bridgehead atoms. The van der Waals surface area contributed by atoms with Crippen LogP contribution in [-0.2, 0) is 26.4 Å². The second-order valence-corrected chi connectivity index (χ2v) is 7.19. The van der Waals surface area contributed by atoms with Gasteiger partial charge in [-0.2, -0.15) is 13.5 Å². The third-order valence-electron chi connectivity index (χ3n) is 3.54. The van der Waals surface area contributed by atoms with E-state index in [1.54, 1.807) is 0 Å². The zero-order valence-electron chi connectivity index (χ0n) is 13.5. The maximum Gasteiger partial charge on any atom is 0.314 e. The first-order valence-electron chi connectivity index (χ1n) is 7.31. The number of rotatable bonds is 7. The number of benzene rings is 1. The summed E-state index contributed by atoms with van der Waals surface area (Å²) in [7, 11) is -4.05. The molecule has 137 valence electrons. The van der Waals surface area contributed by atoms with Gasteiger partial charge in [-0.25, -0.2) is 23.8 Å². The van der Waals surface area contributed by atoms with Crippen molar-refractivity contribution in [2.45, 2.75) is 18.6 Å². The van der Waals surface area contributed by atoms with E-state index < -0.39 is 27.4 Å². The van der Waals surface area contributed by atoms with Crippen molar-refractivity contribution < 1.29 is 21.4 Å². The highest BCUT2D eigenvalue weighted by Crippen LogP contribution is 2.35. The van der Waals surface area contributed by atoms with Crippen LogP contribution < -0.4 is 10.4 Å². The SMILES string of the molecule is CS(=O)(=O)OC(CC1=N[N+]=CN1)(Cn1cncn1)c1ccc(F)cc1F. The fraction of sp³-hybridized carbons (Fsp3) is 0.286. The van der Waals surface area contributed by atoms with Gasteiger partial charge in [0.25, 0.3) is 10.1 Å². The van der Waals surface area contributed by atoms with Gasteiger partial charge in [0.2, 0.25) is 5.84 Å². The van der Waals surface area contributed by atoms with E-state index in [1.165, 1.54) is 23.7 Å². The lowest BCUT2D eigenvalue weighted by atomic mass is 9.89. The maximum absolute atomic E-state index is 14.6. The molecule has 26 heavy (non-hydrogen) atoms. The van der Waals surface area contributed by atoms with Crippen LogP contribution in [0.4, 0.5) is 8.78 Å². The molecule has 9 nitrogen and oxygen atoms in total. The molecule has 1 aromatic heterocycles. The van der Waals surface area contributed by atoms with Crippen molar-refractivity contribution in [1.29, 1.82) is 0 Å². The molecule has 0 aliphatic carbocycles. The molecule has 1 unspecified atom stereocenters. The van der Waals surface area contributed by atoms with Crippen molar-refractivity contribution >= 4 is 22.3 Å². The summed E-state index contributed by atoms with van der Waals surface area (Å²) >= 11 is 0. The van der Waals surface area contributed by atoms with Crippen molar-refractivity contribution in [2.24, 2.45) is 5.10 Å². The Balaban J connectivity index is 2.14. The van der Waals surface area contributed by atoms with Gasteiger partial charge in [0.15, 0.2) is 0 Å². The van der Waals surface area contributed by atoms with Crippen LogP contribution in [0.2, 0.25) is 0 Å². The van der Waals surface area contributed by atoms with Crippen LogP contribution in [0.25, 0.3) is 0 Å². The Hall–Kier alpha value is -2.73. The lowest BCUT2D eigenvalue weighted by Crippen LogP contribution is -2.42. The number of amidine groups is 1. The van der Waals surface area contributed by atoms with Gasteiger partial charge in [-0.15, -0.1) is 0 Å². The molecule has 0 saturated carbocycles. The third-order valence-corrected chi connectivity index (χ3v) is 4.16. The number of nitrogens with one attached hydrogen (secondary N) is 1. The Kier molecular flexibility index (Phi) is 4.78. The van der Waals surface area contributed by atoms with Crippen LogP contribution in [-0.4, -0.2) is 41.6 Å². The second-order valence-electron chi connectivity index (χ2n) is 5.61. The fourth-order valence-electron chi connectivity index (χ4n) is 2.65. The van der Waals surface area contributed by atoms with E-state index in [2.05, 4.69) is 25.6 Å². The summed E-state index contributed by atoms with van der Waals surface area (Å²) in [4.78, 5) is 3.79. The Morgan fingerprint density at radius 1 is 1.38 bits per heavy atom. The molecule has 1 atom stereocenters. The van der Waals surface area contributed by atoms with Crippen molar-refractivity contribution in [3.05, 3.63) is 48.1 Å². The van der Waals surface area contributed by atoms with Crippen LogP contribution >= 0.6 is 0 Å². The van der Waals surface area contributed by atoms with Crippen LogP contribution in [0.3, 0.4) is 0 Å². The molecule has 0 amide bonds. The van der Waals surface area contributed by atoms with Gasteiger partial charge in [0.05, 0.1) is 24.3 Å². The monoisotopic (exact) mass is 384 g/mol. The molecule has 1 radical (unpaired) electrons. The number of hydrogen-bond acceptors (Lipinski definition) is 8. The van der Waals surface area contributed by atoms with E-state index in [0.717, 1.165) is 18.4 Å². The van der Waals surface area contributed by atoms with Crippen molar-refractivity contribution in [3.8, 4) is 0 Å². The van der Waals surface area contributed by atoms with Crippen LogP contribution in [0.15, 0.2) is 36.0 Å². The minimum atomic E-state index is -4.05. The van der Waals surface area contributed by atoms with Gasteiger partial charge in [-0.3, -0.25) is 4.18 Å². The van der Waals surface area contributed by atoms with Gasteiger partial charge in [0, 0.05) is 16.7 Å². The van der Waals surface area contributed by atoms with E-state index in [9.17, 15) is 17.2 Å². The Bertz CT molecular complexity index is 961. The van der Waals surface area contributed by atoms with E-state index in [-0.39, 0.29) is 24.4 Å². The standard InChI is InChI=1S/C14H14F2N6O3S/c1-26(23,24)25-14(5-13-18-8-19-21-13,6-22-9-17-7-20-22)11-3-2-10(15)4-12(11)16/h2-4,7-9H,5-6H2,1H3,(H,18,21)/q+1. The predicted molar refractivity (Wildman–Crippen MR) is 87.4 cm³/mol. The molecule has 12 heteroatoms. The molecule has 0 fully saturated rings. The summed E-state index contributed by atoms with van der Waals surface area (Å²) in [6, 6.07) is 2.79. The summed E-state index contributed by atoms with van der Waals surface area (Å²) in [6.45, 7) is -0.219. The molecule has 2 aromatic rings. The summed E-state index contributed by atoms with van der Waals surface area (Å²) < 4.78 is 58.4. The Morgan fingerprint density at radius 3 is 2.77 bits per heavy atom. The normalized spacial score (nSPS) is 16.2. The van der Waals surface area contributed by atoms with Crippen molar-refractivity contribution in [3.63, 3.8) is 0 Å². The highest BCUT2D eigenvalue weighted by atomic mass is 32.2. The zero-order valence-corrected chi connectivity index (χ0v) is 14.3. The molecule has 1 aliphatic heterocycles. The third kappa shape index (κ3) is 4.08. The van der Waals surface area contributed by atoms with Crippen molar-refractivity contribution in [1.82, 2.24) is 25.2 Å². The summed E-state index contributed by atoms with van der Waals surface area (Å²) in [5, 5.41) is 14.1. The largest absolute Gasteiger partial charge is 0.314 e. The van der Waals surface area contributed by atoms with Gasteiger partial charge in [0.1, 0.15) is 29.9 Å². The molecular weight excluding hydrogens is 370 g/mol. The zero-order chi connectivity index (χ0) is 18.8. The highest BCUT2D eigenvalue weighted by molar-refractivity contribution is 7.86. The molecule has 3 rings (SSSR count). The molecule has 1 aliphatic rings. The van der Waals surface area contributed by atoms with Crippen LogP contribution in [0.5, 0.6) is 0 Å². The maximum atomic E-state index is 14.6. The molecule has 2 heterocycles. The van der Waals surface area contributed by atoms with E-state index in [4.69, 9.17) is 4.18 Å². The topological polar surface area (TPSA) is 113 Å². The first-order valence-corrected chi connectivity index (χ1v) is 9.13. The van der Waals surface area contributed by atoms with E-state index in [1.807, 2.05) is 0 Å². The number of halogens is 2. The predicted octanol–water partition coefficient (Wildman–Crippen LogP) is 0.0989. The molecule has 0 saturated heterocycles. The van der Waals surface area contributed by atoms with Crippen LogP contribution in [0, 0.1) is 11.6 Å². The van der Waals surface area contributed by atoms with E-state index >= 15 is 0 Å². The van der Waals surface area contributed by atoms with E-state index in [0.29, 0.717) is 6.07 Å². The number of nitrogens with zero attached hydrogens (tertiary/aromatic N) is 5. The Morgan fingerprint density at radius 2 is 2.19 bits per heavy atom. The fourth-order valence-corrected chi connectivity index (χ4v) is 3.43. The van der Waals surface area contributed by atoms with Gasteiger partial charge >= 0.3 is 6.34 Å². The van der Waals surface area contributed by atoms with Gasteiger partial charge in [-0.05, 0) is 6.07 Å². The molecule has 1 aromatic carbocycles. The number of aromatic nitrogens is 3. The summed E-state index contributed by atoms with van der Waals surface area (Å²) in [5.41, 5.74) is -1.96.